The molecular formula is C18H31N7O4. The Labute approximate surface area is 170 Å². The molecule has 7 N–H and O–H groups in total. The summed E-state index contributed by atoms with van der Waals surface area (Å²) in [6.07, 6.45) is 0.470. The summed E-state index contributed by atoms with van der Waals surface area (Å²) in [5.41, 5.74) is 13.0. The topological polar surface area (TPSA) is 170 Å². The minimum atomic E-state index is -0.898. The number of nitrogens with zero attached hydrogens (tertiary/aromatic N) is 2. The number of hydrogen-bond acceptors (Lipinski definition) is 7. The lowest BCUT2D eigenvalue weighted by Gasteiger charge is -2.19. The molecule has 0 spiro atoms. The summed E-state index contributed by atoms with van der Waals surface area (Å²) in [7, 11) is 0. The highest BCUT2D eigenvalue weighted by atomic mass is 16.7. The first kappa shape index (κ1) is 24.1. The van der Waals surface area contributed by atoms with Crippen LogP contribution in [0.5, 0.6) is 0 Å². The summed E-state index contributed by atoms with van der Waals surface area (Å²) in [6.45, 7) is 6.63. The van der Waals surface area contributed by atoms with E-state index >= 15 is 0 Å². The van der Waals surface area contributed by atoms with Gasteiger partial charge in [-0.1, -0.05) is 18.2 Å². The summed E-state index contributed by atoms with van der Waals surface area (Å²) in [4.78, 5) is 22.4. The van der Waals surface area contributed by atoms with Gasteiger partial charge in [0.15, 0.2) is 5.03 Å². The van der Waals surface area contributed by atoms with Gasteiger partial charge in [0.05, 0.1) is 0 Å². The molecule has 0 saturated carbocycles. The van der Waals surface area contributed by atoms with Crippen molar-refractivity contribution < 1.29 is 14.6 Å². The van der Waals surface area contributed by atoms with Gasteiger partial charge < -0.3 is 26.8 Å². The minimum absolute atomic E-state index is 0.101. The van der Waals surface area contributed by atoms with Crippen molar-refractivity contribution in [1.82, 2.24) is 16.0 Å². The maximum absolute atomic E-state index is 11.7. The fourth-order valence-electron chi connectivity index (χ4n) is 2.35. The number of hydrazone groups is 1. The number of carbonyl (C=O) groups excluding carboxylic acids is 1. The first-order chi connectivity index (χ1) is 13.6. The molecule has 0 saturated heterocycles. The fraction of sp³-hybridized carbons (Fsp3) is 0.556. The Kier molecular flexibility index (Phi) is 9.83. The SMILES string of the molecule is CC(C)(C)OC(=O)NC(=N[N+](=O)[O-])NCCC[C@H](N)CNCc1ccccc1N. The molecule has 0 fully saturated rings. The number of nitrogens with two attached hydrogens (primary N) is 2. The van der Waals surface area contributed by atoms with Crippen LogP contribution in [-0.4, -0.2) is 41.8 Å². The summed E-state index contributed by atoms with van der Waals surface area (Å²) in [5, 5.41) is 21.0. The second kappa shape index (κ2) is 11.8. The molecule has 1 aromatic carbocycles. The number of alkyl carbamates (subject to hydrolysis) is 1. The molecule has 0 aliphatic heterocycles. The van der Waals surface area contributed by atoms with E-state index in [0.717, 1.165) is 11.3 Å². The maximum atomic E-state index is 11.7. The first-order valence-corrected chi connectivity index (χ1v) is 9.33. The number of guanidine groups is 1. The maximum Gasteiger partial charge on any atom is 0.414 e. The van der Waals surface area contributed by atoms with Crippen LogP contribution in [0.3, 0.4) is 0 Å². The van der Waals surface area contributed by atoms with Gasteiger partial charge in [-0.3, -0.25) is 5.32 Å². The Bertz CT molecular complexity index is 704. The van der Waals surface area contributed by atoms with Gasteiger partial charge in [0.2, 0.25) is 0 Å². The van der Waals surface area contributed by atoms with Crippen LogP contribution in [0.15, 0.2) is 29.4 Å². The molecule has 1 rings (SSSR count). The van der Waals surface area contributed by atoms with E-state index in [1.807, 2.05) is 24.3 Å². The standard InChI is InChI=1S/C18H31N7O4/c1-18(2,3)29-17(26)23-16(24-25(27)28)22-10-6-8-14(19)12-21-11-13-7-4-5-9-15(13)20/h4-5,7,9,14,21H,6,8,10-12,19-20H2,1-3H3,(H2,22,23,24,26)/t14-/m0/s1. The zero-order valence-corrected chi connectivity index (χ0v) is 17.1. The zero-order chi connectivity index (χ0) is 21.9. The van der Waals surface area contributed by atoms with Gasteiger partial charge in [-0.25, -0.2) is 14.9 Å². The van der Waals surface area contributed by atoms with Gasteiger partial charge >= 0.3 is 6.09 Å². The summed E-state index contributed by atoms with van der Waals surface area (Å²) >= 11 is 0. The van der Waals surface area contributed by atoms with Gasteiger partial charge in [0.25, 0.3) is 5.96 Å². The Morgan fingerprint density at radius 2 is 2.03 bits per heavy atom. The molecule has 0 heterocycles. The third-order valence-corrected chi connectivity index (χ3v) is 3.62. The molecule has 0 bridgehead atoms. The van der Waals surface area contributed by atoms with Crippen LogP contribution in [0.25, 0.3) is 0 Å². The fourth-order valence-corrected chi connectivity index (χ4v) is 2.35. The molecule has 29 heavy (non-hydrogen) atoms. The van der Waals surface area contributed by atoms with E-state index in [4.69, 9.17) is 16.2 Å². The van der Waals surface area contributed by atoms with E-state index in [1.165, 1.54) is 0 Å². The van der Waals surface area contributed by atoms with E-state index in [1.54, 1.807) is 20.8 Å². The van der Waals surface area contributed by atoms with Crippen molar-refractivity contribution in [3.8, 4) is 0 Å². The highest BCUT2D eigenvalue weighted by Crippen LogP contribution is 2.09. The average Bonchev–Trinajstić information content (AvgIpc) is 2.58. The number of nitrogen functional groups attached to an aromatic ring is 1. The summed E-state index contributed by atoms with van der Waals surface area (Å²) in [6, 6.07) is 7.50. The molecule has 1 atom stereocenters. The Morgan fingerprint density at radius 3 is 2.66 bits per heavy atom. The largest absolute Gasteiger partial charge is 0.444 e. The third kappa shape index (κ3) is 11.5. The van der Waals surface area contributed by atoms with Crippen molar-refractivity contribution in [3.63, 3.8) is 0 Å². The van der Waals surface area contributed by atoms with E-state index < -0.39 is 16.7 Å². The average molecular weight is 409 g/mol. The molecule has 0 aliphatic rings. The van der Waals surface area contributed by atoms with Crippen LogP contribution in [0.2, 0.25) is 0 Å². The molecule has 11 heteroatoms. The van der Waals surface area contributed by atoms with Gasteiger partial charge in [-0.2, -0.15) is 0 Å². The number of hydrogen-bond donors (Lipinski definition) is 5. The van der Waals surface area contributed by atoms with Crippen molar-refractivity contribution in [2.45, 2.75) is 51.8 Å². The Balaban J connectivity index is 2.32. The predicted octanol–water partition coefficient (Wildman–Crippen LogP) is 1.13. The lowest BCUT2D eigenvalue weighted by Crippen LogP contribution is -2.44. The van der Waals surface area contributed by atoms with Gasteiger partial charge in [-0.15, -0.1) is 0 Å². The third-order valence-electron chi connectivity index (χ3n) is 3.62. The Hall–Kier alpha value is -2.92. The van der Waals surface area contributed by atoms with Gasteiger partial charge in [0, 0.05) is 31.4 Å². The van der Waals surface area contributed by atoms with E-state index in [0.29, 0.717) is 32.5 Å². The lowest BCUT2D eigenvalue weighted by molar-refractivity contribution is -0.485. The predicted molar refractivity (Wildman–Crippen MR) is 112 cm³/mol. The van der Waals surface area contributed by atoms with Crippen LogP contribution >= 0.6 is 0 Å². The lowest BCUT2D eigenvalue weighted by atomic mass is 10.1. The quantitative estimate of drug-likeness (QED) is 0.101. The molecule has 0 aliphatic carbocycles. The van der Waals surface area contributed by atoms with Crippen molar-refractivity contribution in [2.75, 3.05) is 18.8 Å². The number of anilines is 1. The van der Waals surface area contributed by atoms with Crippen LogP contribution in [0, 0.1) is 10.1 Å². The highest BCUT2D eigenvalue weighted by molar-refractivity contribution is 5.93. The molecular weight excluding hydrogens is 378 g/mol. The number of benzene rings is 1. The molecule has 162 valence electrons. The minimum Gasteiger partial charge on any atom is -0.444 e. The molecule has 0 radical (unpaired) electrons. The second-order valence-electron chi connectivity index (χ2n) is 7.47. The Morgan fingerprint density at radius 1 is 1.34 bits per heavy atom. The normalized spacial score (nSPS) is 12.9. The summed E-state index contributed by atoms with van der Waals surface area (Å²) in [5.74, 6) is -0.282. The zero-order valence-electron chi connectivity index (χ0n) is 17.1. The van der Waals surface area contributed by atoms with E-state index in [9.17, 15) is 14.9 Å². The molecule has 11 nitrogen and oxygen atoms in total. The van der Waals surface area contributed by atoms with Gasteiger partial charge in [0.1, 0.15) is 10.7 Å². The molecule has 0 unspecified atom stereocenters. The van der Waals surface area contributed by atoms with E-state index in [2.05, 4.69) is 21.1 Å². The number of para-hydroxylation sites is 1. The van der Waals surface area contributed by atoms with Crippen LogP contribution in [0.1, 0.15) is 39.2 Å². The number of carbonyl (C=O) groups is 1. The van der Waals surface area contributed by atoms with Crippen molar-refractivity contribution in [2.24, 2.45) is 10.8 Å². The molecule has 1 aromatic rings. The number of nitrogens with one attached hydrogen (secondary N) is 3. The van der Waals surface area contributed by atoms with Crippen LogP contribution in [0.4, 0.5) is 10.5 Å². The molecule has 0 aromatic heterocycles. The van der Waals surface area contributed by atoms with Crippen LogP contribution in [-0.2, 0) is 11.3 Å². The number of amides is 1. The van der Waals surface area contributed by atoms with Crippen molar-refractivity contribution >= 4 is 17.7 Å². The first-order valence-electron chi connectivity index (χ1n) is 9.33. The van der Waals surface area contributed by atoms with Crippen LogP contribution < -0.4 is 27.4 Å². The van der Waals surface area contributed by atoms with E-state index in [-0.39, 0.29) is 12.0 Å². The van der Waals surface area contributed by atoms with Crippen molar-refractivity contribution in [3.05, 3.63) is 39.9 Å². The number of ether oxygens (including phenoxy) is 1. The summed E-state index contributed by atoms with van der Waals surface area (Å²) < 4.78 is 5.05. The highest BCUT2D eigenvalue weighted by Gasteiger charge is 2.18. The van der Waals surface area contributed by atoms with Gasteiger partial charge in [-0.05, 0) is 45.2 Å². The second-order valence-corrected chi connectivity index (χ2v) is 7.47. The monoisotopic (exact) mass is 409 g/mol. The van der Waals surface area contributed by atoms with Crippen molar-refractivity contribution in [1.29, 1.82) is 0 Å². The number of rotatable bonds is 9. The smallest absolute Gasteiger partial charge is 0.414 e. The number of nitro groups is 1. The molecule has 1 amide bonds.